The van der Waals surface area contributed by atoms with E-state index in [1.807, 2.05) is 35.0 Å². The third-order valence-electron chi connectivity index (χ3n) is 5.09. The molecule has 0 unspecified atom stereocenters. The molecule has 1 heterocycles. The first-order valence-electron chi connectivity index (χ1n) is 8.01. The Labute approximate surface area is 142 Å². The largest absolute Gasteiger partial charge is 0.387 e. The lowest BCUT2D eigenvalue weighted by Crippen LogP contribution is -2.50. The molecule has 4 heteroatoms. The summed E-state index contributed by atoms with van der Waals surface area (Å²) in [6.45, 7) is 4.88. The second-order valence-corrected chi connectivity index (χ2v) is 7.62. The standard InChI is InChI=1S/C19H23ClN2O/c1-18(2)8-7-16(11-15-3-5-17(20)6-4-15)12-19(18,23)13-22-10-9-21-14-22/h3-6,9-11,14,23H,7-8,12-13H2,1-2H3/b16-11+/t19-/m0/s1. The van der Waals surface area contributed by atoms with E-state index >= 15 is 0 Å². The lowest BCUT2D eigenvalue weighted by molar-refractivity contribution is -0.0943. The van der Waals surface area contributed by atoms with E-state index in [4.69, 9.17) is 11.6 Å². The number of hydrogen-bond acceptors (Lipinski definition) is 2. The lowest BCUT2D eigenvalue weighted by atomic mass is 9.63. The van der Waals surface area contributed by atoms with Gasteiger partial charge >= 0.3 is 0 Å². The highest BCUT2D eigenvalue weighted by atomic mass is 35.5. The third kappa shape index (κ3) is 3.51. The van der Waals surface area contributed by atoms with E-state index in [0.717, 1.165) is 23.4 Å². The first-order chi connectivity index (χ1) is 10.9. The molecule has 1 fully saturated rings. The fraction of sp³-hybridized carbons (Fsp3) is 0.421. The smallest absolute Gasteiger partial charge is 0.0946 e. The Balaban J connectivity index is 1.84. The maximum absolute atomic E-state index is 11.4. The number of halogens is 1. The van der Waals surface area contributed by atoms with Crippen molar-refractivity contribution in [3.8, 4) is 0 Å². The van der Waals surface area contributed by atoms with Gasteiger partial charge in [0.05, 0.1) is 18.5 Å². The van der Waals surface area contributed by atoms with Gasteiger partial charge in [0.2, 0.25) is 0 Å². The highest BCUT2D eigenvalue weighted by Crippen LogP contribution is 2.47. The van der Waals surface area contributed by atoms with E-state index in [2.05, 4.69) is 24.9 Å². The molecule has 1 N–H and O–H groups in total. The minimum atomic E-state index is -0.774. The Hall–Kier alpha value is -1.58. The monoisotopic (exact) mass is 330 g/mol. The topological polar surface area (TPSA) is 38.0 Å². The van der Waals surface area contributed by atoms with Crippen LogP contribution in [-0.2, 0) is 6.54 Å². The molecular weight excluding hydrogens is 308 g/mol. The zero-order valence-electron chi connectivity index (χ0n) is 13.7. The van der Waals surface area contributed by atoms with Gasteiger partial charge in [-0.25, -0.2) is 4.98 Å². The predicted molar refractivity (Wildman–Crippen MR) is 94.2 cm³/mol. The molecule has 1 atom stereocenters. The average Bonchev–Trinajstić information content (AvgIpc) is 2.98. The fourth-order valence-corrected chi connectivity index (χ4v) is 3.41. The van der Waals surface area contributed by atoms with Crippen molar-refractivity contribution >= 4 is 17.7 Å². The van der Waals surface area contributed by atoms with E-state index < -0.39 is 5.60 Å². The summed E-state index contributed by atoms with van der Waals surface area (Å²) in [6.07, 6.45) is 10.3. The van der Waals surface area contributed by atoms with Gasteiger partial charge in [-0.3, -0.25) is 0 Å². The highest BCUT2D eigenvalue weighted by molar-refractivity contribution is 6.30. The van der Waals surface area contributed by atoms with Crippen LogP contribution in [0.2, 0.25) is 5.02 Å². The van der Waals surface area contributed by atoms with Gasteiger partial charge in [0, 0.05) is 17.4 Å². The van der Waals surface area contributed by atoms with E-state index in [9.17, 15) is 5.11 Å². The zero-order valence-corrected chi connectivity index (χ0v) is 14.4. The summed E-state index contributed by atoms with van der Waals surface area (Å²) in [7, 11) is 0. The molecule has 3 rings (SSSR count). The van der Waals surface area contributed by atoms with Gasteiger partial charge in [0.15, 0.2) is 0 Å². The predicted octanol–water partition coefficient (Wildman–Crippen LogP) is 4.56. The molecule has 23 heavy (non-hydrogen) atoms. The van der Waals surface area contributed by atoms with Crippen molar-refractivity contribution in [1.29, 1.82) is 0 Å². The molecule has 0 radical (unpaired) electrons. The summed E-state index contributed by atoms with van der Waals surface area (Å²) >= 11 is 5.95. The normalized spacial score (nSPS) is 25.7. The van der Waals surface area contributed by atoms with Gasteiger partial charge in [-0.15, -0.1) is 0 Å². The van der Waals surface area contributed by atoms with Crippen LogP contribution in [0.25, 0.3) is 6.08 Å². The number of aliphatic hydroxyl groups is 1. The maximum atomic E-state index is 11.4. The van der Waals surface area contributed by atoms with Gasteiger partial charge < -0.3 is 9.67 Å². The Bertz CT molecular complexity index is 689. The highest BCUT2D eigenvalue weighted by Gasteiger charge is 2.46. The fourth-order valence-electron chi connectivity index (χ4n) is 3.28. The average molecular weight is 331 g/mol. The molecule has 2 aromatic rings. The zero-order chi connectivity index (χ0) is 16.5. The molecule has 0 amide bonds. The van der Waals surface area contributed by atoms with Crippen LogP contribution in [0.3, 0.4) is 0 Å². The third-order valence-corrected chi connectivity index (χ3v) is 5.35. The number of rotatable bonds is 3. The SMILES string of the molecule is CC1(C)CC/C(=C\c2ccc(Cl)cc2)C[C@]1(O)Cn1ccnc1. The number of aromatic nitrogens is 2. The Kier molecular flexibility index (Phi) is 4.35. The maximum Gasteiger partial charge on any atom is 0.0946 e. The van der Waals surface area contributed by atoms with E-state index in [1.165, 1.54) is 5.57 Å². The first kappa shape index (κ1) is 16.3. The molecule has 0 aliphatic heterocycles. The van der Waals surface area contributed by atoms with Crippen molar-refractivity contribution < 1.29 is 5.11 Å². The molecular formula is C19H23ClN2O. The van der Waals surface area contributed by atoms with Gasteiger partial charge in [-0.2, -0.15) is 0 Å². The van der Waals surface area contributed by atoms with Crippen LogP contribution < -0.4 is 0 Å². The minimum absolute atomic E-state index is 0.130. The molecule has 0 saturated heterocycles. The number of benzene rings is 1. The van der Waals surface area contributed by atoms with Crippen LogP contribution in [0, 0.1) is 5.41 Å². The number of nitrogens with zero attached hydrogens (tertiary/aromatic N) is 2. The summed E-state index contributed by atoms with van der Waals surface area (Å²) in [5.41, 5.74) is 1.52. The van der Waals surface area contributed by atoms with E-state index in [-0.39, 0.29) is 5.41 Å². The summed E-state index contributed by atoms with van der Waals surface area (Å²) in [6, 6.07) is 7.84. The molecule has 1 aromatic carbocycles. The Morgan fingerprint density at radius 2 is 2.04 bits per heavy atom. The molecule has 0 bridgehead atoms. The molecule has 1 aliphatic rings. The molecule has 1 saturated carbocycles. The van der Waals surface area contributed by atoms with Crippen LogP contribution in [0.5, 0.6) is 0 Å². The summed E-state index contributed by atoms with van der Waals surface area (Å²) < 4.78 is 1.97. The van der Waals surface area contributed by atoms with Crippen molar-refractivity contribution in [2.24, 2.45) is 5.41 Å². The second kappa shape index (κ2) is 6.14. The van der Waals surface area contributed by atoms with Crippen molar-refractivity contribution in [1.82, 2.24) is 9.55 Å². The van der Waals surface area contributed by atoms with Gasteiger partial charge in [0.25, 0.3) is 0 Å². The van der Waals surface area contributed by atoms with E-state index in [0.29, 0.717) is 13.0 Å². The van der Waals surface area contributed by atoms with Crippen molar-refractivity contribution in [3.05, 3.63) is 59.1 Å². The second-order valence-electron chi connectivity index (χ2n) is 7.18. The summed E-state index contributed by atoms with van der Waals surface area (Å²) in [5.74, 6) is 0. The molecule has 1 aromatic heterocycles. The van der Waals surface area contributed by atoms with Crippen LogP contribution in [0.1, 0.15) is 38.7 Å². The quantitative estimate of drug-likeness (QED) is 0.895. The molecule has 3 nitrogen and oxygen atoms in total. The summed E-state index contributed by atoms with van der Waals surface area (Å²) in [4.78, 5) is 4.09. The lowest BCUT2D eigenvalue weighted by Gasteiger charge is -2.47. The van der Waals surface area contributed by atoms with Gasteiger partial charge in [-0.1, -0.05) is 49.2 Å². The van der Waals surface area contributed by atoms with Crippen LogP contribution in [-0.4, -0.2) is 20.3 Å². The number of imidazole rings is 1. The molecule has 122 valence electrons. The van der Waals surface area contributed by atoms with Crippen LogP contribution in [0.15, 0.2) is 48.6 Å². The summed E-state index contributed by atoms with van der Waals surface area (Å²) in [5, 5.41) is 12.1. The Morgan fingerprint density at radius 1 is 1.30 bits per heavy atom. The van der Waals surface area contributed by atoms with Crippen molar-refractivity contribution in [2.75, 3.05) is 0 Å². The van der Waals surface area contributed by atoms with Crippen molar-refractivity contribution in [2.45, 2.75) is 45.3 Å². The van der Waals surface area contributed by atoms with Crippen LogP contribution in [0.4, 0.5) is 0 Å². The van der Waals surface area contributed by atoms with Crippen LogP contribution >= 0.6 is 11.6 Å². The van der Waals surface area contributed by atoms with Crippen molar-refractivity contribution in [3.63, 3.8) is 0 Å². The Morgan fingerprint density at radius 3 is 2.70 bits per heavy atom. The van der Waals surface area contributed by atoms with Gasteiger partial charge in [0.1, 0.15) is 0 Å². The van der Waals surface area contributed by atoms with Gasteiger partial charge in [-0.05, 0) is 42.4 Å². The molecule has 1 aliphatic carbocycles. The van der Waals surface area contributed by atoms with E-state index in [1.54, 1.807) is 12.5 Å². The first-order valence-corrected chi connectivity index (χ1v) is 8.39. The molecule has 0 spiro atoms. The number of hydrogen-bond donors (Lipinski definition) is 1. The minimum Gasteiger partial charge on any atom is -0.387 e.